The molecule has 2 aromatic carbocycles. The molecule has 0 saturated heterocycles. The van der Waals surface area contributed by atoms with Gasteiger partial charge in [-0.25, -0.2) is 27.1 Å². The molecule has 0 saturated carbocycles. The first-order valence-corrected chi connectivity index (χ1v) is 12.7. The minimum atomic E-state index is -4.27. The number of ether oxygens (including phenoxy) is 2. The van der Waals surface area contributed by atoms with Crippen molar-refractivity contribution in [1.29, 1.82) is 0 Å². The number of anilines is 2. The van der Waals surface area contributed by atoms with Crippen LogP contribution in [0.15, 0.2) is 53.8 Å². The van der Waals surface area contributed by atoms with Crippen LogP contribution in [-0.2, 0) is 14.8 Å². The molecule has 0 aliphatic heterocycles. The van der Waals surface area contributed by atoms with Gasteiger partial charge in [-0.05, 0) is 38.1 Å². The highest BCUT2D eigenvalue weighted by atomic mass is 35.5. The zero-order valence-electron chi connectivity index (χ0n) is 20.1. The number of halogens is 2. The molecule has 36 heavy (non-hydrogen) atoms. The predicted molar refractivity (Wildman–Crippen MR) is 137 cm³/mol. The fourth-order valence-corrected chi connectivity index (χ4v) is 5.67. The predicted octanol–water partition coefficient (Wildman–Crippen LogP) is 4.86. The number of fused-ring (bicyclic) bond motifs is 1. The summed E-state index contributed by atoms with van der Waals surface area (Å²) in [6, 6.07) is 8.48. The molecule has 0 spiro atoms. The van der Waals surface area contributed by atoms with Crippen LogP contribution in [0, 0.1) is 5.82 Å². The number of hydrogen-bond acceptors (Lipinski definition) is 7. The Hall–Kier alpha value is -3.41. The summed E-state index contributed by atoms with van der Waals surface area (Å²) in [4.78, 5) is 8.24. The van der Waals surface area contributed by atoms with Gasteiger partial charge in [0.2, 0.25) is 0 Å². The average Bonchev–Trinajstić information content (AvgIpc) is 3.24. The Morgan fingerprint density at radius 2 is 1.92 bits per heavy atom. The summed E-state index contributed by atoms with van der Waals surface area (Å²) in [5.41, 5.74) is 7.08. The quantitative estimate of drug-likeness (QED) is 0.322. The molecule has 0 fully saturated rings. The molecule has 190 valence electrons. The second-order valence-corrected chi connectivity index (χ2v) is 10.5. The number of rotatable bonds is 8. The monoisotopic (exact) mass is 533 g/mol. The average molecular weight is 534 g/mol. The summed E-state index contributed by atoms with van der Waals surface area (Å²) in [6.45, 7) is 3.48. The number of nitrogen functional groups attached to an aromatic ring is 1. The highest BCUT2D eigenvalue weighted by molar-refractivity contribution is 7.92. The second-order valence-electron chi connectivity index (χ2n) is 8.21. The van der Waals surface area contributed by atoms with Crippen molar-refractivity contribution in [3.8, 4) is 16.9 Å². The van der Waals surface area contributed by atoms with Gasteiger partial charge in [-0.1, -0.05) is 23.7 Å². The van der Waals surface area contributed by atoms with E-state index in [1.54, 1.807) is 18.3 Å². The fraction of sp³-hybridized carbons (Fsp3) is 0.250. The first-order valence-electron chi connectivity index (χ1n) is 10.9. The Morgan fingerprint density at radius 1 is 1.17 bits per heavy atom. The van der Waals surface area contributed by atoms with Crippen LogP contribution >= 0.6 is 11.6 Å². The van der Waals surface area contributed by atoms with Crippen molar-refractivity contribution in [2.75, 3.05) is 31.0 Å². The lowest BCUT2D eigenvalue weighted by Crippen LogP contribution is -2.33. The zero-order chi connectivity index (χ0) is 26.2. The molecule has 4 aromatic rings. The minimum Gasteiger partial charge on any atom is -0.495 e. The summed E-state index contributed by atoms with van der Waals surface area (Å²) >= 11 is 6.16. The standard InChI is InChI=1S/C24H25ClFN5O4S/c1-14(2)30-11-17(21-23(27)28-12-29-24(21)30)16-6-5-7-19(22(16)26)31(13-34-3)36(32,33)15-8-9-20(35-4)18(25)10-15/h5-12,14H,13H2,1-4H3,(H2,27,28,29). The summed E-state index contributed by atoms with van der Waals surface area (Å²) in [5, 5.41) is 0.576. The maximum absolute atomic E-state index is 16.1. The first-order chi connectivity index (χ1) is 17.1. The molecule has 2 N–H and O–H groups in total. The van der Waals surface area contributed by atoms with Crippen molar-refractivity contribution in [2.45, 2.75) is 24.8 Å². The smallest absolute Gasteiger partial charge is 0.266 e. The lowest BCUT2D eigenvalue weighted by molar-refractivity contribution is 0.209. The van der Waals surface area contributed by atoms with E-state index in [0.29, 0.717) is 22.3 Å². The molecule has 4 rings (SSSR count). The molecule has 9 nitrogen and oxygen atoms in total. The third kappa shape index (κ3) is 4.34. The molecule has 12 heteroatoms. The van der Waals surface area contributed by atoms with Gasteiger partial charge >= 0.3 is 0 Å². The zero-order valence-corrected chi connectivity index (χ0v) is 21.6. The van der Waals surface area contributed by atoms with Crippen LogP contribution in [-0.4, -0.2) is 43.9 Å². The van der Waals surface area contributed by atoms with E-state index in [2.05, 4.69) is 9.97 Å². The van der Waals surface area contributed by atoms with Crippen LogP contribution in [0.2, 0.25) is 5.02 Å². The molecule has 0 amide bonds. The van der Waals surface area contributed by atoms with Gasteiger partial charge in [-0.15, -0.1) is 0 Å². The molecule has 0 aliphatic carbocycles. The van der Waals surface area contributed by atoms with Crippen LogP contribution in [0.1, 0.15) is 19.9 Å². The molecule has 0 atom stereocenters. The van der Waals surface area contributed by atoms with Crippen LogP contribution in [0.4, 0.5) is 15.9 Å². The Labute approximate surface area is 213 Å². The van der Waals surface area contributed by atoms with Crippen LogP contribution in [0.3, 0.4) is 0 Å². The number of benzene rings is 2. The summed E-state index contributed by atoms with van der Waals surface area (Å²) in [5.74, 6) is -0.277. The normalized spacial score (nSPS) is 11.9. The van der Waals surface area contributed by atoms with E-state index in [0.717, 1.165) is 4.31 Å². The molecule has 0 radical (unpaired) electrons. The highest BCUT2D eigenvalue weighted by Gasteiger charge is 2.30. The maximum atomic E-state index is 16.1. The van der Waals surface area contributed by atoms with Gasteiger partial charge in [0.1, 0.15) is 30.3 Å². The van der Waals surface area contributed by atoms with Gasteiger partial charge in [0.05, 0.1) is 28.1 Å². The summed E-state index contributed by atoms with van der Waals surface area (Å²) < 4.78 is 56.2. The van der Waals surface area contributed by atoms with E-state index in [1.807, 2.05) is 18.4 Å². The fourth-order valence-electron chi connectivity index (χ4n) is 3.95. The minimum absolute atomic E-state index is 0.00646. The van der Waals surface area contributed by atoms with Gasteiger partial charge in [-0.3, -0.25) is 0 Å². The lowest BCUT2D eigenvalue weighted by Gasteiger charge is -2.25. The van der Waals surface area contributed by atoms with Gasteiger partial charge in [0.15, 0.2) is 5.82 Å². The van der Waals surface area contributed by atoms with Gasteiger partial charge in [0, 0.05) is 30.5 Å². The summed E-state index contributed by atoms with van der Waals surface area (Å²) in [7, 11) is -1.53. The van der Waals surface area contributed by atoms with Crippen LogP contribution < -0.4 is 14.8 Å². The van der Waals surface area contributed by atoms with Gasteiger partial charge in [-0.2, -0.15) is 0 Å². The van der Waals surface area contributed by atoms with Crippen molar-refractivity contribution in [1.82, 2.24) is 14.5 Å². The first kappa shape index (κ1) is 25.7. The van der Waals surface area contributed by atoms with E-state index in [1.165, 1.54) is 44.8 Å². The van der Waals surface area contributed by atoms with E-state index < -0.39 is 22.6 Å². The Balaban J connectivity index is 1.91. The van der Waals surface area contributed by atoms with E-state index in [-0.39, 0.29) is 33.0 Å². The molecule has 2 aromatic heterocycles. The van der Waals surface area contributed by atoms with Crippen molar-refractivity contribution < 1.29 is 22.3 Å². The van der Waals surface area contributed by atoms with Gasteiger partial charge < -0.3 is 19.8 Å². The SMILES string of the molecule is COCN(c1cccc(-c2cn(C(C)C)c3ncnc(N)c23)c1F)S(=O)(=O)c1ccc(OC)c(Cl)c1. The molecule has 2 heterocycles. The van der Waals surface area contributed by atoms with Crippen LogP contribution in [0.5, 0.6) is 5.75 Å². The highest BCUT2D eigenvalue weighted by Crippen LogP contribution is 2.39. The number of nitrogens with two attached hydrogens (primary N) is 1. The van der Waals surface area contributed by atoms with Crippen LogP contribution in [0.25, 0.3) is 22.2 Å². The largest absolute Gasteiger partial charge is 0.495 e. The van der Waals surface area contributed by atoms with Crippen molar-refractivity contribution in [3.05, 3.63) is 59.8 Å². The molecule has 0 bridgehead atoms. The molecular formula is C24H25ClFN5O4S. The van der Waals surface area contributed by atoms with Crippen molar-refractivity contribution >= 4 is 44.2 Å². The third-order valence-electron chi connectivity index (χ3n) is 5.69. The van der Waals surface area contributed by atoms with Crippen molar-refractivity contribution in [2.24, 2.45) is 0 Å². The summed E-state index contributed by atoms with van der Waals surface area (Å²) in [6.07, 6.45) is 3.08. The Bertz CT molecular complexity index is 1540. The lowest BCUT2D eigenvalue weighted by atomic mass is 10.0. The Kier molecular flexibility index (Phi) is 7.07. The molecule has 0 unspecified atom stereocenters. The topological polar surface area (TPSA) is 113 Å². The number of hydrogen-bond donors (Lipinski definition) is 1. The number of nitrogens with zero attached hydrogens (tertiary/aromatic N) is 4. The Morgan fingerprint density at radius 3 is 2.56 bits per heavy atom. The van der Waals surface area contributed by atoms with E-state index in [9.17, 15) is 8.42 Å². The molecule has 0 aliphatic rings. The number of methoxy groups -OCH3 is 2. The van der Waals surface area contributed by atoms with Crippen molar-refractivity contribution in [3.63, 3.8) is 0 Å². The van der Waals surface area contributed by atoms with Gasteiger partial charge in [0.25, 0.3) is 10.0 Å². The van der Waals surface area contributed by atoms with E-state index in [4.69, 9.17) is 26.8 Å². The number of aromatic nitrogens is 3. The van der Waals surface area contributed by atoms with E-state index >= 15 is 4.39 Å². The molecular weight excluding hydrogens is 509 g/mol. The second kappa shape index (κ2) is 9.92. The third-order valence-corrected chi connectivity index (χ3v) is 7.72. The maximum Gasteiger partial charge on any atom is 0.266 e. The number of sulfonamides is 1.